The van der Waals surface area contributed by atoms with Crippen LogP contribution in [0.15, 0.2) is 0 Å². The molecule has 0 aromatic carbocycles. The molecule has 3 aliphatic heterocycles. The third-order valence-electron chi connectivity index (χ3n) is 4.25. The van der Waals surface area contributed by atoms with E-state index in [-0.39, 0.29) is 17.9 Å². The summed E-state index contributed by atoms with van der Waals surface area (Å²) in [5.41, 5.74) is 0. The first kappa shape index (κ1) is 12.3. The molecule has 0 saturated carbocycles. The van der Waals surface area contributed by atoms with E-state index < -0.39 is 0 Å². The zero-order chi connectivity index (χ0) is 12.5. The molecular formula is C13H20N2O2S. The van der Waals surface area contributed by atoms with Crippen molar-refractivity contribution in [2.45, 2.75) is 31.7 Å². The lowest BCUT2D eigenvalue weighted by Gasteiger charge is -2.43. The number of rotatable bonds is 2. The molecule has 18 heavy (non-hydrogen) atoms. The predicted molar refractivity (Wildman–Crippen MR) is 71.4 cm³/mol. The summed E-state index contributed by atoms with van der Waals surface area (Å²) in [6.45, 7) is 1.89. The van der Waals surface area contributed by atoms with E-state index in [1.165, 1.54) is 12.2 Å². The van der Waals surface area contributed by atoms with Gasteiger partial charge in [-0.1, -0.05) is 0 Å². The Morgan fingerprint density at radius 3 is 2.89 bits per heavy atom. The van der Waals surface area contributed by atoms with Crippen molar-refractivity contribution in [3.05, 3.63) is 0 Å². The van der Waals surface area contributed by atoms with Crippen LogP contribution in [-0.2, 0) is 9.59 Å². The second-order valence-electron chi connectivity index (χ2n) is 5.55. The van der Waals surface area contributed by atoms with Crippen LogP contribution in [0.2, 0.25) is 0 Å². The second kappa shape index (κ2) is 5.11. The van der Waals surface area contributed by atoms with Gasteiger partial charge in [-0.05, 0) is 43.1 Å². The van der Waals surface area contributed by atoms with Crippen LogP contribution in [0.4, 0.5) is 0 Å². The number of carbonyl (C=O) groups excluding carboxylic acids is 2. The molecule has 3 aliphatic rings. The lowest BCUT2D eigenvalue weighted by molar-refractivity contribution is -0.158. The Labute approximate surface area is 112 Å². The quantitative estimate of drug-likeness (QED) is 0.749. The molecule has 3 saturated heterocycles. The number of nitrogens with zero attached hydrogens (tertiary/aromatic N) is 2. The monoisotopic (exact) mass is 268 g/mol. The zero-order valence-electron chi connectivity index (χ0n) is 10.6. The number of piperidine rings is 1. The number of amides is 2. The standard InChI is InChI=1S/C13H20N2O2S/c16-12-8-14(7-10-4-6-18-9-10)13(17)11-3-1-2-5-15(11)12/h10-11H,1-9H2. The molecule has 0 bridgehead atoms. The van der Waals surface area contributed by atoms with Crippen molar-refractivity contribution in [1.82, 2.24) is 9.80 Å². The first-order chi connectivity index (χ1) is 8.75. The smallest absolute Gasteiger partial charge is 0.245 e. The minimum Gasteiger partial charge on any atom is -0.331 e. The van der Waals surface area contributed by atoms with Crippen molar-refractivity contribution in [3.8, 4) is 0 Å². The molecule has 0 aliphatic carbocycles. The normalized spacial score (nSPS) is 32.9. The summed E-state index contributed by atoms with van der Waals surface area (Å²) in [6.07, 6.45) is 4.18. The Morgan fingerprint density at radius 1 is 1.22 bits per heavy atom. The van der Waals surface area contributed by atoms with Crippen molar-refractivity contribution in [2.24, 2.45) is 5.92 Å². The first-order valence-electron chi connectivity index (χ1n) is 6.91. The van der Waals surface area contributed by atoms with Gasteiger partial charge >= 0.3 is 0 Å². The van der Waals surface area contributed by atoms with Crippen LogP contribution in [0, 0.1) is 5.92 Å². The Balaban J connectivity index is 1.68. The fourth-order valence-corrected chi connectivity index (χ4v) is 4.50. The van der Waals surface area contributed by atoms with Gasteiger partial charge in [0, 0.05) is 13.1 Å². The van der Waals surface area contributed by atoms with Crippen LogP contribution in [-0.4, -0.2) is 58.8 Å². The van der Waals surface area contributed by atoms with E-state index in [2.05, 4.69) is 0 Å². The van der Waals surface area contributed by atoms with Crippen LogP contribution in [0.5, 0.6) is 0 Å². The fraction of sp³-hybridized carbons (Fsp3) is 0.846. The Bertz CT molecular complexity index is 355. The van der Waals surface area contributed by atoms with Gasteiger partial charge in [0.05, 0.1) is 6.54 Å². The second-order valence-corrected chi connectivity index (χ2v) is 6.70. The van der Waals surface area contributed by atoms with Crippen molar-refractivity contribution in [2.75, 3.05) is 31.1 Å². The molecule has 2 amide bonds. The molecule has 2 unspecified atom stereocenters. The van der Waals surface area contributed by atoms with Crippen molar-refractivity contribution < 1.29 is 9.59 Å². The van der Waals surface area contributed by atoms with Crippen molar-refractivity contribution >= 4 is 23.6 Å². The molecule has 3 rings (SSSR count). The number of hydrogen-bond acceptors (Lipinski definition) is 3. The van der Waals surface area contributed by atoms with Crippen molar-refractivity contribution in [3.63, 3.8) is 0 Å². The molecular weight excluding hydrogens is 248 g/mol. The van der Waals surface area contributed by atoms with Gasteiger partial charge in [0.15, 0.2) is 0 Å². The van der Waals surface area contributed by atoms with Crippen LogP contribution < -0.4 is 0 Å². The average Bonchev–Trinajstić information content (AvgIpc) is 2.89. The fourth-order valence-electron chi connectivity index (χ4n) is 3.22. The van der Waals surface area contributed by atoms with Crippen LogP contribution >= 0.6 is 11.8 Å². The van der Waals surface area contributed by atoms with Gasteiger partial charge in [-0.15, -0.1) is 0 Å². The highest BCUT2D eigenvalue weighted by molar-refractivity contribution is 7.99. The van der Waals surface area contributed by atoms with Gasteiger partial charge in [0.2, 0.25) is 11.8 Å². The van der Waals surface area contributed by atoms with Gasteiger partial charge in [0.1, 0.15) is 6.04 Å². The summed E-state index contributed by atoms with van der Waals surface area (Å²) in [5.74, 6) is 3.31. The van der Waals surface area contributed by atoms with Crippen LogP contribution in [0.3, 0.4) is 0 Å². The molecule has 0 aromatic rings. The third kappa shape index (κ3) is 2.25. The molecule has 2 atom stereocenters. The SMILES string of the molecule is O=C1C2CCCCN2C(=O)CN1CC1CCSC1. The van der Waals surface area contributed by atoms with Crippen molar-refractivity contribution in [1.29, 1.82) is 0 Å². The number of carbonyl (C=O) groups is 2. The molecule has 100 valence electrons. The van der Waals surface area contributed by atoms with Crippen LogP contribution in [0.1, 0.15) is 25.7 Å². The van der Waals surface area contributed by atoms with E-state index in [4.69, 9.17) is 0 Å². The summed E-state index contributed by atoms with van der Waals surface area (Å²) in [6, 6.07) is -0.144. The number of hydrogen-bond donors (Lipinski definition) is 0. The van der Waals surface area contributed by atoms with E-state index in [9.17, 15) is 9.59 Å². The maximum atomic E-state index is 12.4. The largest absolute Gasteiger partial charge is 0.331 e. The van der Waals surface area contributed by atoms with E-state index in [0.717, 1.165) is 38.1 Å². The van der Waals surface area contributed by atoms with Gasteiger partial charge in [-0.3, -0.25) is 9.59 Å². The zero-order valence-corrected chi connectivity index (χ0v) is 11.5. The summed E-state index contributed by atoms with van der Waals surface area (Å²) in [4.78, 5) is 28.1. The van der Waals surface area contributed by atoms with Crippen LogP contribution in [0.25, 0.3) is 0 Å². The lowest BCUT2D eigenvalue weighted by atomic mass is 9.97. The van der Waals surface area contributed by atoms with Gasteiger partial charge < -0.3 is 9.80 Å². The number of thioether (sulfide) groups is 1. The van der Waals surface area contributed by atoms with Gasteiger partial charge in [0.25, 0.3) is 0 Å². The highest BCUT2D eigenvalue weighted by Crippen LogP contribution is 2.27. The summed E-state index contributed by atoms with van der Waals surface area (Å²) >= 11 is 1.96. The maximum absolute atomic E-state index is 12.4. The van der Waals surface area contributed by atoms with E-state index >= 15 is 0 Å². The molecule has 0 aromatic heterocycles. The lowest BCUT2D eigenvalue weighted by Crippen LogP contribution is -2.61. The minimum absolute atomic E-state index is 0.144. The Morgan fingerprint density at radius 2 is 2.11 bits per heavy atom. The minimum atomic E-state index is -0.144. The number of fused-ring (bicyclic) bond motifs is 1. The first-order valence-corrected chi connectivity index (χ1v) is 8.07. The Hall–Kier alpha value is -0.710. The van der Waals surface area contributed by atoms with E-state index in [1.54, 1.807) is 0 Å². The highest BCUT2D eigenvalue weighted by atomic mass is 32.2. The van der Waals surface area contributed by atoms with Gasteiger partial charge in [-0.2, -0.15) is 11.8 Å². The molecule has 0 radical (unpaired) electrons. The topological polar surface area (TPSA) is 40.6 Å². The summed E-state index contributed by atoms with van der Waals surface area (Å²) in [7, 11) is 0. The molecule has 4 nitrogen and oxygen atoms in total. The molecule has 0 N–H and O–H groups in total. The third-order valence-corrected chi connectivity index (χ3v) is 5.48. The van der Waals surface area contributed by atoms with E-state index in [0.29, 0.717) is 12.5 Å². The molecule has 3 heterocycles. The summed E-state index contributed by atoms with van der Waals surface area (Å²) < 4.78 is 0. The number of piperazine rings is 1. The summed E-state index contributed by atoms with van der Waals surface area (Å²) in [5, 5.41) is 0. The average molecular weight is 268 g/mol. The predicted octanol–water partition coefficient (Wildman–Crippen LogP) is 0.963. The Kier molecular flexibility index (Phi) is 3.50. The maximum Gasteiger partial charge on any atom is 0.245 e. The van der Waals surface area contributed by atoms with E-state index in [1.807, 2.05) is 21.6 Å². The molecule has 5 heteroatoms. The highest BCUT2D eigenvalue weighted by Gasteiger charge is 2.40. The molecule has 3 fully saturated rings. The van der Waals surface area contributed by atoms with Gasteiger partial charge in [-0.25, -0.2) is 0 Å². The molecule has 0 spiro atoms.